The SMILES string of the molecule is CCC(C)C(=O)N1CCC(n2cc(CNc3cccc4c3C(=O)N(C3CCC(=O)NC3=O)C4=O)cn2)CC1. The van der Waals surface area contributed by atoms with E-state index in [-0.39, 0.29) is 41.8 Å². The average molecular weight is 521 g/mol. The van der Waals surface area contributed by atoms with E-state index in [9.17, 15) is 24.0 Å². The van der Waals surface area contributed by atoms with Gasteiger partial charge in [-0.1, -0.05) is 19.9 Å². The van der Waals surface area contributed by atoms with Gasteiger partial charge in [-0.2, -0.15) is 5.10 Å². The summed E-state index contributed by atoms with van der Waals surface area (Å²) in [4.78, 5) is 65.5. The summed E-state index contributed by atoms with van der Waals surface area (Å²) in [7, 11) is 0. The van der Waals surface area contributed by atoms with Crippen LogP contribution in [0.4, 0.5) is 5.69 Å². The van der Waals surface area contributed by atoms with E-state index < -0.39 is 29.7 Å². The number of hydrogen-bond acceptors (Lipinski definition) is 7. The molecule has 1 aromatic carbocycles. The van der Waals surface area contributed by atoms with Gasteiger partial charge in [-0.05, 0) is 37.8 Å². The number of amides is 5. The molecule has 11 nitrogen and oxygen atoms in total. The Labute approximate surface area is 220 Å². The number of piperidine rings is 2. The van der Waals surface area contributed by atoms with Crippen molar-refractivity contribution in [2.45, 2.75) is 64.6 Å². The number of aromatic nitrogens is 2. The highest BCUT2D eigenvalue weighted by atomic mass is 16.2. The fourth-order valence-electron chi connectivity index (χ4n) is 5.36. The second kappa shape index (κ2) is 10.4. The van der Waals surface area contributed by atoms with Crippen LogP contribution in [-0.2, 0) is 20.9 Å². The van der Waals surface area contributed by atoms with Crippen LogP contribution in [0.15, 0.2) is 30.6 Å². The van der Waals surface area contributed by atoms with Crippen LogP contribution in [0.2, 0.25) is 0 Å². The zero-order chi connectivity index (χ0) is 27.0. The fraction of sp³-hybridized carbons (Fsp3) is 0.481. The Balaban J connectivity index is 1.23. The lowest BCUT2D eigenvalue weighted by atomic mass is 10.0. The molecule has 4 heterocycles. The minimum absolute atomic E-state index is 0.0478. The van der Waals surface area contributed by atoms with E-state index in [1.165, 1.54) is 0 Å². The number of anilines is 1. The summed E-state index contributed by atoms with van der Waals surface area (Å²) in [6, 6.07) is 4.21. The predicted molar refractivity (Wildman–Crippen MR) is 137 cm³/mol. The zero-order valence-electron chi connectivity index (χ0n) is 21.6. The van der Waals surface area contributed by atoms with Crippen molar-refractivity contribution < 1.29 is 24.0 Å². The molecule has 0 saturated carbocycles. The maximum absolute atomic E-state index is 13.3. The van der Waals surface area contributed by atoms with Crippen LogP contribution in [-0.4, -0.2) is 68.2 Å². The van der Waals surface area contributed by atoms with Crippen molar-refractivity contribution in [3.05, 3.63) is 47.3 Å². The van der Waals surface area contributed by atoms with Crippen LogP contribution in [0.3, 0.4) is 0 Å². The van der Waals surface area contributed by atoms with E-state index >= 15 is 0 Å². The molecule has 2 fully saturated rings. The molecular weight excluding hydrogens is 488 g/mol. The molecule has 0 aliphatic carbocycles. The van der Waals surface area contributed by atoms with Gasteiger partial charge in [-0.25, -0.2) is 0 Å². The van der Waals surface area contributed by atoms with Crippen molar-refractivity contribution in [3.63, 3.8) is 0 Å². The van der Waals surface area contributed by atoms with Crippen molar-refractivity contribution in [1.29, 1.82) is 0 Å². The molecule has 3 aliphatic heterocycles. The molecule has 5 rings (SSSR count). The van der Waals surface area contributed by atoms with Crippen LogP contribution in [0.25, 0.3) is 0 Å². The van der Waals surface area contributed by atoms with Crippen molar-refractivity contribution >= 4 is 35.2 Å². The van der Waals surface area contributed by atoms with E-state index in [0.29, 0.717) is 12.2 Å². The Hall–Kier alpha value is -4.02. The number of carbonyl (C=O) groups is 5. The third-order valence-electron chi connectivity index (χ3n) is 7.79. The number of imide groups is 2. The maximum atomic E-state index is 13.3. The maximum Gasteiger partial charge on any atom is 0.264 e. The molecule has 2 aromatic rings. The fourth-order valence-corrected chi connectivity index (χ4v) is 5.36. The Morgan fingerprint density at radius 1 is 1.13 bits per heavy atom. The molecule has 38 heavy (non-hydrogen) atoms. The van der Waals surface area contributed by atoms with Crippen molar-refractivity contribution in [3.8, 4) is 0 Å². The first kappa shape index (κ1) is 25.6. The van der Waals surface area contributed by atoms with Crippen LogP contribution in [0, 0.1) is 5.92 Å². The third kappa shape index (κ3) is 4.68. The molecule has 3 aliphatic rings. The highest BCUT2D eigenvalue weighted by molar-refractivity contribution is 6.25. The van der Waals surface area contributed by atoms with E-state index in [1.54, 1.807) is 24.4 Å². The third-order valence-corrected chi connectivity index (χ3v) is 7.79. The Kier molecular flexibility index (Phi) is 7.00. The second-order valence-electron chi connectivity index (χ2n) is 10.2. The zero-order valence-corrected chi connectivity index (χ0v) is 21.6. The Bertz CT molecular complexity index is 1290. The van der Waals surface area contributed by atoms with Crippen LogP contribution >= 0.6 is 0 Å². The van der Waals surface area contributed by atoms with Crippen molar-refractivity contribution in [2.24, 2.45) is 5.92 Å². The molecule has 2 saturated heterocycles. The summed E-state index contributed by atoms with van der Waals surface area (Å²) in [5.74, 6) is -1.85. The van der Waals surface area contributed by atoms with Crippen LogP contribution < -0.4 is 10.6 Å². The van der Waals surface area contributed by atoms with Gasteiger partial charge in [0.05, 0.1) is 23.4 Å². The number of carbonyl (C=O) groups excluding carboxylic acids is 5. The number of hydrogen-bond donors (Lipinski definition) is 2. The number of nitrogens with one attached hydrogen (secondary N) is 2. The van der Waals surface area contributed by atoms with Crippen molar-refractivity contribution in [1.82, 2.24) is 24.9 Å². The standard InChI is InChI=1S/C27H32N6O5/c1-3-16(2)25(36)31-11-9-18(10-12-31)32-15-17(14-29-32)13-28-20-6-4-5-19-23(20)27(38)33(26(19)37)21-7-8-22(34)30-24(21)35/h4-6,14-16,18,21,28H,3,7-13H2,1-2H3,(H,30,34,35). The number of fused-ring (bicyclic) bond motifs is 1. The lowest BCUT2D eigenvalue weighted by molar-refractivity contribution is -0.137. The van der Waals surface area contributed by atoms with Gasteiger partial charge in [0, 0.05) is 49.4 Å². The number of nitrogens with zero attached hydrogens (tertiary/aromatic N) is 4. The summed E-state index contributed by atoms with van der Waals surface area (Å²) in [5, 5.41) is 9.99. The van der Waals surface area contributed by atoms with Gasteiger partial charge in [0.15, 0.2) is 0 Å². The summed E-state index contributed by atoms with van der Waals surface area (Å²) in [6.07, 6.45) is 6.46. The molecule has 200 valence electrons. The molecule has 2 unspecified atom stereocenters. The summed E-state index contributed by atoms with van der Waals surface area (Å²) in [6.45, 7) is 5.83. The minimum atomic E-state index is -1.00. The molecule has 2 atom stereocenters. The van der Waals surface area contributed by atoms with Crippen LogP contribution in [0.5, 0.6) is 0 Å². The quantitative estimate of drug-likeness (QED) is 0.534. The Morgan fingerprint density at radius 3 is 2.61 bits per heavy atom. The number of likely N-dealkylation sites (tertiary alicyclic amines) is 1. The first-order valence-electron chi connectivity index (χ1n) is 13.2. The molecule has 5 amide bonds. The monoisotopic (exact) mass is 520 g/mol. The van der Waals surface area contributed by atoms with Crippen LogP contribution in [0.1, 0.15) is 78.3 Å². The van der Waals surface area contributed by atoms with Gasteiger partial charge in [0.2, 0.25) is 17.7 Å². The van der Waals surface area contributed by atoms with Gasteiger partial charge in [0.25, 0.3) is 11.8 Å². The summed E-state index contributed by atoms with van der Waals surface area (Å²) < 4.78 is 1.94. The van der Waals surface area contributed by atoms with E-state index in [1.807, 2.05) is 29.6 Å². The molecule has 11 heteroatoms. The molecule has 0 bridgehead atoms. The van der Waals surface area contributed by atoms with Gasteiger partial charge in [0.1, 0.15) is 6.04 Å². The Morgan fingerprint density at radius 2 is 1.89 bits per heavy atom. The lowest BCUT2D eigenvalue weighted by Gasteiger charge is -2.33. The van der Waals surface area contributed by atoms with Crippen molar-refractivity contribution in [2.75, 3.05) is 18.4 Å². The molecule has 0 radical (unpaired) electrons. The largest absolute Gasteiger partial charge is 0.380 e. The molecular formula is C27H32N6O5. The first-order chi connectivity index (χ1) is 18.3. The lowest BCUT2D eigenvalue weighted by Crippen LogP contribution is -2.54. The van der Waals surface area contributed by atoms with Gasteiger partial charge < -0.3 is 10.2 Å². The normalized spacial score (nSPS) is 20.9. The molecule has 2 N–H and O–H groups in total. The number of rotatable bonds is 7. The van der Waals surface area contributed by atoms with Gasteiger partial charge >= 0.3 is 0 Å². The second-order valence-corrected chi connectivity index (χ2v) is 10.2. The molecule has 1 aromatic heterocycles. The smallest absolute Gasteiger partial charge is 0.264 e. The average Bonchev–Trinajstić information content (AvgIpc) is 3.50. The number of benzene rings is 1. The minimum Gasteiger partial charge on any atom is -0.380 e. The van der Waals surface area contributed by atoms with E-state index in [2.05, 4.69) is 15.7 Å². The highest BCUT2D eigenvalue weighted by Gasteiger charge is 2.45. The predicted octanol–water partition coefficient (Wildman–Crippen LogP) is 2.11. The van der Waals surface area contributed by atoms with Gasteiger partial charge in [-0.3, -0.25) is 38.9 Å². The first-order valence-corrected chi connectivity index (χ1v) is 13.2. The highest BCUT2D eigenvalue weighted by Crippen LogP contribution is 2.32. The summed E-state index contributed by atoms with van der Waals surface area (Å²) >= 11 is 0. The van der Waals surface area contributed by atoms with E-state index in [4.69, 9.17) is 0 Å². The van der Waals surface area contributed by atoms with E-state index in [0.717, 1.165) is 42.8 Å². The van der Waals surface area contributed by atoms with Gasteiger partial charge in [-0.15, -0.1) is 0 Å². The topological polar surface area (TPSA) is 134 Å². The molecule has 0 spiro atoms. The summed E-state index contributed by atoms with van der Waals surface area (Å²) in [5.41, 5.74) is 1.88.